The number of aromatic nitrogens is 1. The van der Waals surface area contributed by atoms with Gasteiger partial charge in [-0.1, -0.05) is 24.4 Å². The first kappa shape index (κ1) is 15.7. The standard InChI is InChI=1S/C13H16ClN3O4/c14-12-11(7-9(8-16-12)17(19)20)13(18)15-5-6-21-10-3-1-2-4-10/h7-8,10H,1-6H2,(H,15,18). The van der Waals surface area contributed by atoms with Gasteiger partial charge < -0.3 is 10.1 Å². The Morgan fingerprint density at radius 3 is 2.90 bits per heavy atom. The first-order valence-corrected chi connectivity index (χ1v) is 7.15. The van der Waals surface area contributed by atoms with Gasteiger partial charge in [0.2, 0.25) is 0 Å². The van der Waals surface area contributed by atoms with Crippen LogP contribution in [0, 0.1) is 10.1 Å². The first-order valence-electron chi connectivity index (χ1n) is 6.77. The molecule has 0 radical (unpaired) electrons. The van der Waals surface area contributed by atoms with Crippen LogP contribution in [-0.4, -0.2) is 35.1 Å². The summed E-state index contributed by atoms with van der Waals surface area (Å²) in [6.07, 6.45) is 5.80. The summed E-state index contributed by atoms with van der Waals surface area (Å²) in [5.74, 6) is -0.494. The summed E-state index contributed by atoms with van der Waals surface area (Å²) in [4.78, 5) is 25.6. The third kappa shape index (κ3) is 4.37. The summed E-state index contributed by atoms with van der Waals surface area (Å²) in [6, 6.07) is 1.11. The number of rotatable bonds is 6. The smallest absolute Gasteiger partial charge is 0.288 e. The van der Waals surface area contributed by atoms with Crippen molar-refractivity contribution in [2.45, 2.75) is 31.8 Å². The third-order valence-electron chi connectivity index (χ3n) is 3.32. The molecule has 0 spiro atoms. The Kier molecular flexibility index (Phi) is 5.46. The third-order valence-corrected chi connectivity index (χ3v) is 3.62. The van der Waals surface area contributed by atoms with Crippen LogP contribution >= 0.6 is 11.6 Å². The summed E-state index contributed by atoms with van der Waals surface area (Å²) in [7, 11) is 0. The lowest BCUT2D eigenvalue weighted by Gasteiger charge is -2.11. The van der Waals surface area contributed by atoms with Crippen molar-refractivity contribution in [2.24, 2.45) is 0 Å². The lowest BCUT2D eigenvalue weighted by atomic mass is 10.2. The summed E-state index contributed by atoms with van der Waals surface area (Å²) in [5, 5.41) is 13.2. The minimum absolute atomic E-state index is 0.00765. The van der Waals surface area contributed by atoms with Gasteiger partial charge in [-0.05, 0) is 12.8 Å². The molecule has 2 rings (SSSR count). The van der Waals surface area contributed by atoms with E-state index in [-0.39, 0.29) is 22.5 Å². The number of nitrogens with zero attached hydrogens (tertiary/aromatic N) is 2. The largest absolute Gasteiger partial charge is 0.376 e. The molecule has 1 aliphatic rings. The topological polar surface area (TPSA) is 94.4 Å². The van der Waals surface area contributed by atoms with E-state index in [0.717, 1.165) is 25.1 Å². The fraction of sp³-hybridized carbons (Fsp3) is 0.538. The van der Waals surface area contributed by atoms with Gasteiger partial charge in [0, 0.05) is 12.6 Å². The van der Waals surface area contributed by atoms with E-state index in [4.69, 9.17) is 16.3 Å². The fourth-order valence-corrected chi connectivity index (χ4v) is 2.43. The van der Waals surface area contributed by atoms with E-state index >= 15 is 0 Å². The van der Waals surface area contributed by atoms with Gasteiger partial charge >= 0.3 is 0 Å². The van der Waals surface area contributed by atoms with Gasteiger partial charge in [-0.25, -0.2) is 4.98 Å². The number of ether oxygens (including phenoxy) is 1. The number of pyridine rings is 1. The molecule has 0 saturated heterocycles. The van der Waals surface area contributed by atoms with Crippen molar-refractivity contribution in [1.29, 1.82) is 0 Å². The van der Waals surface area contributed by atoms with Crippen LogP contribution in [0.15, 0.2) is 12.3 Å². The fourth-order valence-electron chi connectivity index (χ4n) is 2.24. The molecule has 0 atom stereocenters. The zero-order chi connectivity index (χ0) is 15.2. The van der Waals surface area contributed by atoms with Crippen molar-refractivity contribution >= 4 is 23.2 Å². The number of nitro groups is 1. The molecule has 0 bridgehead atoms. The molecular weight excluding hydrogens is 298 g/mol. The highest BCUT2D eigenvalue weighted by Gasteiger charge is 2.18. The summed E-state index contributed by atoms with van der Waals surface area (Å²) in [6.45, 7) is 0.741. The molecule has 1 aromatic rings. The maximum Gasteiger partial charge on any atom is 0.288 e. The van der Waals surface area contributed by atoms with Crippen LogP contribution in [-0.2, 0) is 4.74 Å². The van der Waals surface area contributed by atoms with Gasteiger partial charge in [0.15, 0.2) is 0 Å². The van der Waals surface area contributed by atoms with E-state index < -0.39 is 10.8 Å². The van der Waals surface area contributed by atoms with Crippen molar-refractivity contribution in [1.82, 2.24) is 10.3 Å². The average molecular weight is 314 g/mol. The van der Waals surface area contributed by atoms with Crippen LogP contribution in [0.4, 0.5) is 5.69 Å². The molecule has 1 amide bonds. The predicted molar refractivity (Wildman–Crippen MR) is 76.4 cm³/mol. The molecule has 21 heavy (non-hydrogen) atoms. The number of hydrogen-bond acceptors (Lipinski definition) is 5. The molecule has 1 N–H and O–H groups in total. The Balaban J connectivity index is 1.84. The van der Waals surface area contributed by atoms with Gasteiger partial charge in [0.25, 0.3) is 11.6 Å². The highest BCUT2D eigenvalue weighted by Crippen LogP contribution is 2.21. The molecule has 1 aliphatic carbocycles. The average Bonchev–Trinajstić information content (AvgIpc) is 2.96. The van der Waals surface area contributed by atoms with Crippen molar-refractivity contribution in [3.05, 3.63) is 33.1 Å². The van der Waals surface area contributed by atoms with E-state index in [0.29, 0.717) is 13.2 Å². The molecule has 1 heterocycles. The van der Waals surface area contributed by atoms with E-state index in [9.17, 15) is 14.9 Å². The zero-order valence-corrected chi connectivity index (χ0v) is 12.1. The molecule has 0 aromatic carbocycles. The van der Waals surface area contributed by atoms with Crippen LogP contribution in [0.5, 0.6) is 0 Å². The van der Waals surface area contributed by atoms with Crippen molar-refractivity contribution < 1.29 is 14.5 Å². The Bertz CT molecular complexity index is 532. The van der Waals surface area contributed by atoms with Crippen LogP contribution in [0.1, 0.15) is 36.0 Å². The second-order valence-corrected chi connectivity index (χ2v) is 5.18. The van der Waals surface area contributed by atoms with Crippen molar-refractivity contribution in [2.75, 3.05) is 13.2 Å². The maximum absolute atomic E-state index is 11.9. The maximum atomic E-state index is 11.9. The van der Waals surface area contributed by atoms with Gasteiger partial charge in [0.05, 0.1) is 23.2 Å². The quantitative estimate of drug-likeness (QED) is 0.376. The van der Waals surface area contributed by atoms with Crippen molar-refractivity contribution in [3.8, 4) is 0 Å². The molecule has 1 saturated carbocycles. The number of halogens is 1. The zero-order valence-electron chi connectivity index (χ0n) is 11.4. The summed E-state index contributed by atoms with van der Waals surface area (Å²) in [5.41, 5.74) is -0.279. The lowest BCUT2D eigenvalue weighted by molar-refractivity contribution is -0.385. The predicted octanol–water partition coefficient (Wildman–Crippen LogP) is 2.33. The number of nitrogens with one attached hydrogen (secondary N) is 1. The van der Waals surface area contributed by atoms with Crippen molar-refractivity contribution in [3.63, 3.8) is 0 Å². The van der Waals surface area contributed by atoms with Crippen LogP contribution in [0.25, 0.3) is 0 Å². The van der Waals surface area contributed by atoms with Gasteiger partial charge in [0.1, 0.15) is 11.3 Å². The highest BCUT2D eigenvalue weighted by atomic mass is 35.5. The molecule has 1 fully saturated rings. The molecule has 0 unspecified atom stereocenters. The highest BCUT2D eigenvalue weighted by molar-refractivity contribution is 6.32. The van der Waals surface area contributed by atoms with Crippen LogP contribution in [0.3, 0.4) is 0 Å². The number of amides is 1. The number of carbonyl (C=O) groups is 1. The van der Waals surface area contributed by atoms with Crippen LogP contribution in [0.2, 0.25) is 5.15 Å². The van der Waals surface area contributed by atoms with E-state index in [1.54, 1.807) is 0 Å². The van der Waals surface area contributed by atoms with Gasteiger partial charge in [-0.15, -0.1) is 0 Å². The monoisotopic (exact) mass is 313 g/mol. The Labute approximate surface area is 126 Å². The van der Waals surface area contributed by atoms with Crippen LogP contribution < -0.4 is 5.32 Å². The molecule has 0 aliphatic heterocycles. The minimum Gasteiger partial charge on any atom is -0.376 e. The molecule has 114 valence electrons. The number of carbonyl (C=O) groups excluding carboxylic acids is 1. The second kappa shape index (κ2) is 7.33. The minimum atomic E-state index is -0.622. The molecule has 8 heteroatoms. The lowest BCUT2D eigenvalue weighted by Crippen LogP contribution is -2.28. The molecular formula is C13H16ClN3O4. The Morgan fingerprint density at radius 1 is 1.52 bits per heavy atom. The normalized spacial score (nSPS) is 15.1. The van der Waals surface area contributed by atoms with E-state index in [1.165, 1.54) is 12.8 Å². The van der Waals surface area contributed by atoms with Gasteiger partial charge in [-0.2, -0.15) is 0 Å². The van der Waals surface area contributed by atoms with E-state index in [2.05, 4.69) is 10.3 Å². The molecule has 7 nitrogen and oxygen atoms in total. The summed E-state index contributed by atoms with van der Waals surface area (Å²) < 4.78 is 5.61. The Hall–Kier alpha value is -1.73. The Morgan fingerprint density at radius 2 is 2.24 bits per heavy atom. The first-order chi connectivity index (χ1) is 10.1. The number of hydrogen-bond donors (Lipinski definition) is 1. The SMILES string of the molecule is O=C(NCCOC1CCCC1)c1cc([N+](=O)[O-])cnc1Cl. The molecule has 1 aromatic heterocycles. The van der Waals surface area contributed by atoms with E-state index in [1.807, 2.05) is 0 Å². The summed E-state index contributed by atoms with van der Waals surface area (Å²) >= 11 is 5.79. The second-order valence-electron chi connectivity index (χ2n) is 4.82. The van der Waals surface area contributed by atoms with Gasteiger partial charge in [-0.3, -0.25) is 14.9 Å².